The summed E-state index contributed by atoms with van der Waals surface area (Å²) in [5.41, 5.74) is 15.3. The van der Waals surface area contributed by atoms with Gasteiger partial charge in [0.1, 0.15) is 11.6 Å². The molecule has 7 nitrogen and oxygen atoms in total. The van der Waals surface area contributed by atoms with E-state index in [4.69, 9.17) is 16.2 Å². The number of phenols is 1. The number of ether oxygens (including phenoxy) is 1. The predicted octanol–water partition coefficient (Wildman–Crippen LogP) is 2.75. The van der Waals surface area contributed by atoms with Gasteiger partial charge in [0, 0.05) is 48.2 Å². The second-order valence-corrected chi connectivity index (χ2v) is 7.16. The van der Waals surface area contributed by atoms with Crippen molar-refractivity contribution >= 4 is 23.5 Å². The van der Waals surface area contributed by atoms with Gasteiger partial charge in [-0.1, -0.05) is 25.6 Å². The molecule has 1 aliphatic heterocycles. The smallest absolute Gasteiger partial charge is 0.243 e. The monoisotopic (exact) mass is 398 g/mol. The Morgan fingerprint density at radius 1 is 1.34 bits per heavy atom. The van der Waals surface area contributed by atoms with E-state index in [0.29, 0.717) is 17.1 Å². The molecule has 0 unspecified atom stereocenters. The lowest BCUT2D eigenvalue weighted by Gasteiger charge is -2.32. The summed E-state index contributed by atoms with van der Waals surface area (Å²) in [6.45, 7) is 6.97. The topological polar surface area (TPSA) is 126 Å². The molecule has 0 bridgehead atoms. The number of carbonyl (C=O) groups excluding carboxylic acids is 1. The number of nitrogens with two attached hydrogens (primary N) is 2. The molecule has 1 aromatic heterocycles. The molecule has 0 radical (unpaired) electrons. The minimum atomic E-state index is -0.144. The molecule has 156 valence electrons. The third-order valence-corrected chi connectivity index (χ3v) is 5.08. The van der Waals surface area contributed by atoms with Gasteiger partial charge in [-0.25, -0.2) is 0 Å². The van der Waals surface area contributed by atoms with Gasteiger partial charge in [-0.3, -0.25) is 4.79 Å². The van der Waals surface area contributed by atoms with Gasteiger partial charge in [0.05, 0.1) is 0 Å². The molecule has 2 aromatic rings. The second kappa shape index (κ2) is 9.84. The average molecular weight is 399 g/mol. The molecule has 1 fully saturated rings. The van der Waals surface area contributed by atoms with Gasteiger partial charge in [0.25, 0.3) is 0 Å². The van der Waals surface area contributed by atoms with E-state index in [1.54, 1.807) is 31.3 Å². The normalized spacial score (nSPS) is 15.7. The molecule has 0 atom stereocenters. The van der Waals surface area contributed by atoms with Crippen LogP contribution < -0.4 is 16.8 Å². The molecule has 3 rings (SSSR count). The average Bonchev–Trinajstić information content (AvgIpc) is 3.10. The Labute approximate surface area is 171 Å². The zero-order valence-electron chi connectivity index (χ0n) is 17.0. The van der Waals surface area contributed by atoms with Crippen LogP contribution in [0.25, 0.3) is 11.8 Å². The fourth-order valence-electron chi connectivity index (χ4n) is 3.09. The zero-order chi connectivity index (χ0) is 21.4. The summed E-state index contributed by atoms with van der Waals surface area (Å²) in [7, 11) is 1.56. The Bertz CT molecular complexity index is 880. The number of aromatic hydroxyl groups is 1. The molecular formula is C22H30N4O3. The number of nitrogen functional groups attached to an aromatic ring is 1. The molecule has 2 heterocycles. The SMILES string of the molecule is C=CC(=O)NC.CC1(c2cc(/C=C(\N)c3ccccc3O)c(N)[nH]2)CCOCC1. The minimum absolute atomic E-state index is 0.0438. The summed E-state index contributed by atoms with van der Waals surface area (Å²) in [5, 5.41) is 12.3. The van der Waals surface area contributed by atoms with Gasteiger partial charge in [-0.2, -0.15) is 0 Å². The molecule has 7 N–H and O–H groups in total. The van der Waals surface area contributed by atoms with Crippen molar-refractivity contribution in [2.24, 2.45) is 5.73 Å². The molecule has 1 aromatic carbocycles. The number of nitrogens with one attached hydrogen (secondary N) is 2. The first-order valence-corrected chi connectivity index (χ1v) is 9.47. The van der Waals surface area contributed by atoms with Gasteiger partial charge >= 0.3 is 0 Å². The fraction of sp³-hybridized carbons (Fsp3) is 0.318. The van der Waals surface area contributed by atoms with Crippen LogP contribution in [0.5, 0.6) is 5.75 Å². The number of benzene rings is 1. The van der Waals surface area contributed by atoms with Gasteiger partial charge in [0.15, 0.2) is 0 Å². The quantitative estimate of drug-likeness (QED) is 0.506. The van der Waals surface area contributed by atoms with E-state index in [1.165, 1.54) is 6.08 Å². The second-order valence-electron chi connectivity index (χ2n) is 7.16. The van der Waals surface area contributed by atoms with Crippen LogP contribution in [0, 0.1) is 0 Å². The molecule has 29 heavy (non-hydrogen) atoms. The van der Waals surface area contributed by atoms with Crippen molar-refractivity contribution in [2.45, 2.75) is 25.2 Å². The lowest BCUT2D eigenvalue weighted by atomic mass is 9.79. The molecule has 1 aliphatic rings. The van der Waals surface area contributed by atoms with Crippen LogP contribution >= 0.6 is 0 Å². The van der Waals surface area contributed by atoms with Crippen molar-refractivity contribution in [2.75, 3.05) is 26.0 Å². The lowest BCUT2D eigenvalue weighted by Crippen LogP contribution is -2.30. The maximum atomic E-state index is 9.95. The summed E-state index contributed by atoms with van der Waals surface area (Å²) < 4.78 is 5.45. The van der Waals surface area contributed by atoms with E-state index in [-0.39, 0.29) is 17.1 Å². The van der Waals surface area contributed by atoms with Crippen LogP contribution in [0.15, 0.2) is 43.0 Å². The number of amides is 1. The summed E-state index contributed by atoms with van der Waals surface area (Å²) in [6, 6.07) is 9.05. The number of aromatic nitrogens is 1. The third-order valence-electron chi connectivity index (χ3n) is 5.08. The number of H-pyrrole nitrogens is 1. The summed E-state index contributed by atoms with van der Waals surface area (Å²) in [5.74, 6) is 0.605. The van der Waals surface area contributed by atoms with Crippen LogP contribution in [0.1, 0.15) is 36.6 Å². The summed E-state index contributed by atoms with van der Waals surface area (Å²) in [6.07, 6.45) is 4.95. The Morgan fingerprint density at radius 2 is 2.00 bits per heavy atom. The fourth-order valence-corrected chi connectivity index (χ4v) is 3.09. The van der Waals surface area contributed by atoms with Crippen LogP contribution in [0.3, 0.4) is 0 Å². The first-order valence-electron chi connectivity index (χ1n) is 9.47. The van der Waals surface area contributed by atoms with Crippen molar-refractivity contribution in [1.82, 2.24) is 10.3 Å². The first kappa shape index (κ1) is 22.1. The van der Waals surface area contributed by atoms with E-state index in [0.717, 1.165) is 37.3 Å². The third kappa shape index (κ3) is 5.65. The van der Waals surface area contributed by atoms with Crippen LogP contribution in [-0.2, 0) is 14.9 Å². The number of hydrogen-bond donors (Lipinski definition) is 5. The Hall–Kier alpha value is -3.19. The zero-order valence-corrected chi connectivity index (χ0v) is 17.0. The number of anilines is 1. The highest BCUT2D eigenvalue weighted by Crippen LogP contribution is 2.36. The van der Waals surface area contributed by atoms with Crippen molar-refractivity contribution in [1.29, 1.82) is 0 Å². The van der Waals surface area contributed by atoms with E-state index in [1.807, 2.05) is 12.1 Å². The van der Waals surface area contributed by atoms with Gasteiger partial charge in [0.2, 0.25) is 5.91 Å². The standard InChI is InChI=1S/C18H23N3O2.C4H7NO/c1-18(6-8-23-9-7-18)16-11-12(17(20)21-16)10-14(19)13-4-2-3-5-15(13)22;1-3-4(6)5-2/h2-5,10-11,21-22H,6-9,19-20H2,1H3;3H,1H2,2H3,(H,5,6)/b14-10-;. The Morgan fingerprint density at radius 3 is 2.55 bits per heavy atom. The molecule has 0 saturated carbocycles. The van der Waals surface area contributed by atoms with Gasteiger partial charge in [-0.15, -0.1) is 0 Å². The highest BCUT2D eigenvalue weighted by molar-refractivity contribution is 5.86. The molecular weight excluding hydrogens is 368 g/mol. The highest BCUT2D eigenvalue weighted by atomic mass is 16.5. The number of phenolic OH excluding ortho intramolecular Hbond substituents is 1. The lowest BCUT2D eigenvalue weighted by molar-refractivity contribution is -0.116. The Kier molecular flexibility index (Phi) is 7.50. The van der Waals surface area contributed by atoms with Crippen LogP contribution in [0.4, 0.5) is 5.82 Å². The highest BCUT2D eigenvalue weighted by Gasteiger charge is 2.31. The van der Waals surface area contributed by atoms with E-state index in [9.17, 15) is 9.90 Å². The number of rotatable bonds is 4. The van der Waals surface area contributed by atoms with E-state index >= 15 is 0 Å². The van der Waals surface area contributed by atoms with Gasteiger partial charge in [-0.05, 0) is 43.2 Å². The number of carbonyl (C=O) groups is 1. The minimum Gasteiger partial charge on any atom is -0.507 e. The largest absolute Gasteiger partial charge is 0.507 e. The molecule has 0 aliphatic carbocycles. The van der Waals surface area contributed by atoms with Crippen molar-refractivity contribution in [3.8, 4) is 5.75 Å². The first-order chi connectivity index (χ1) is 13.8. The van der Waals surface area contributed by atoms with Crippen molar-refractivity contribution in [3.05, 3.63) is 59.8 Å². The predicted molar refractivity (Wildman–Crippen MR) is 117 cm³/mol. The van der Waals surface area contributed by atoms with E-state index < -0.39 is 0 Å². The van der Waals surface area contributed by atoms with Crippen molar-refractivity contribution < 1.29 is 14.6 Å². The Balaban J connectivity index is 0.000000438. The number of para-hydroxylation sites is 1. The summed E-state index contributed by atoms with van der Waals surface area (Å²) >= 11 is 0. The molecule has 1 amide bonds. The molecule has 1 saturated heterocycles. The maximum Gasteiger partial charge on any atom is 0.243 e. The number of hydrogen-bond acceptors (Lipinski definition) is 5. The van der Waals surface area contributed by atoms with Crippen LogP contribution in [-0.4, -0.2) is 36.3 Å². The number of aromatic amines is 1. The van der Waals surface area contributed by atoms with Gasteiger partial charge < -0.3 is 31.6 Å². The molecule has 7 heteroatoms. The van der Waals surface area contributed by atoms with Crippen molar-refractivity contribution in [3.63, 3.8) is 0 Å². The maximum absolute atomic E-state index is 9.95. The van der Waals surface area contributed by atoms with Crippen LogP contribution in [0.2, 0.25) is 0 Å². The van der Waals surface area contributed by atoms with E-state index in [2.05, 4.69) is 23.8 Å². The summed E-state index contributed by atoms with van der Waals surface area (Å²) in [4.78, 5) is 13.2. The number of likely N-dealkylation sites (N-methyl/N-ethyl adjacent to an activating group) is 1. The molecule has 0 spiro atoms.